The molecule has 0 unspecified atom stereocenters. The molecular weight excluding hydrogens is 360 g/mol. The smallest absolute Gasteiger partial charge is 0.314 e. The van der Waals surface area contributed by atoms with E-state index in [0.717, 1.165) is 29.7 Å². The van der Waals surface area contributed by atoms with E-state index in [2.05, 4.69) is 16.3 Å². The van der Waals surface area contributed by atoms with Crippen LogP contribution in [-0.4, -0.2) is 22.8 Å². The first kappa shape index (κ1) is 17.9. The number of ether oxygens (including phenoxy) is 3. The van der Waals surface area contributed by atoms with Crippen LogP contribution in [0.5, 0.6) is 17.4 Å². The number of aryl methyl sites for hydroxylation is 1. The number of fused-ring (bicyclic) bond motifs is 1. The van der Waals surface area contributed by atoms with Gasteiger partial charge in [-0.2, -0.15) is 5.26 Å². The number of nitriles is 1. The number of hydrogen-bond acceptors (Lipinski definition) is 7. The summed E-state index contributed by atoms with van der Waals surface area (Å²) >= 11 is 0. The van der Waals surface area contributed by atoms with Crippen molar-refractivity contribution in [1.82, 2.24) is 10.2 Å². The first-order valence-electron chi connectivity index (χ1n) is 9.14. The fraction of sp³-hybridized carbons (Fsp3) is 0.350. The van der Waals surface area contributed by atoms with Crippen LogP contribution < -0.4 is 19.9 Å². The van der Waals surface area contributed by atoms with Gasteiger partial charge in [0.2, 0.25) is 11.8 Å². The van der Waals surface area contributed by atoms with Gasteiger partial charge in [-0.1, -0.05) is 6.07 Å². The Morgan fingerprint density at radius 1 is 1.43 bits per heavy atom. The lowest BCUT2D eigenvalue weighted by atomic mass is 9.84. The summed E-state index contributed by atoms with van der Waals surface area (Å²) in [6.45, 7) is 4.14. The number of carbonyl (C=O) groups is 1. The van der Waals surface area contributed by atoms with Gasteiger partial charge in [0, 0.05) is 11.3 Å². The fourth-order valence-electron chi connectivity index (χ4n) is 3.30. The maximum Gasteiger partial charge on any atom is 0.314 e. The molecule has 8 nitrogen and oxygen atoms in total. The molecule has 2 heterocycles. The summed E-state index contributed by atoms with van der Waals surface area (Å²) < 4.78 is 16.7. The molecule has 3 N–H and O–H groups in total. The molecule has 1 aliphatic carbocycles. The molecule has 1 atom stereocenters. The van der Waals surface area contributed by atoms with Crippen molar-refractivity contribution in [3.05, 3.63) is 46.5 Å². The van der Waals surface area contributed by atoms with Gasteiger partial charge in [0.1, 0.15) is 11.6 Å². The lowest BCUT2D eigenvalue weighted by molar-refractivity contribution is -0.135. The summed E-state index contributed by atoms with van der Waals surface area (Å²) in [6, 6.07) is 7.43. The van der Waals surface area contributed by atoms with Gasteiger partial charge in [0.05, 0.1) is 18.4 Å². The zero-order valence-corrected chi connectivity index (χ0v) is 15.6. The Balaban J connectivity index is 1.80. The van der Waals surface area contributed by atoms with Crippen LogP contribution in [0, 0.1) is 24.2 Å². The molecule has 4 rings (SSSR count). The van der Waals surface area contributed by atoms with Crippen LogP contribution >= 0.6 is 0 Å². The minimum absolute atomic E-state index is 0.0110. The Labute approximate surface area is 161 Å². The van der Waals surface area contributed by atoms with Crippen molar-refractivity contribution in [2.75, 3.05) is 6.61 Å². The zero-order chi connectivity index (χ0) is 19.8. The molecule has 1 aromatic heterocycles. The molecule has 1 fully saturated rings. The number of carbonyl (C=O) groups excluding carboxylic acids is 1. The second-order valence-electron chi connectivity index (χ2n) is 6.83. The van der Waals surface area contributed by atoms with E-state index in [0.29, 0.717) is 24.0 Å². The number of nitrogens with zero attached hydrogens (tertiary/aromatic N) is 2. The molecule has 1 aliphatic heterocycles. The van der Waals surface area contributed by atoms with E-state index in [9.17, 15) is 10.1 Å². The maximum atomic E-state index is 12.2. The van der Waals surface area contributed by atoms with Gasteiger partial charge < -0.3 is 19.9 Å². The Hall–Kier alpha value is -3.47. The van der Waals surface area contributed by atoms with E-state index in [-0.39, 0.29) is 23.3 Å². The number of allylic oxidation sites excluding steroid dienone is 1. The van der Waals surface area contributed by atoms with Crippen molar-refractivity contribution >= 4 is 5.97 Å². The van der Waals surface area contributed by atoms with Crippen LogP contribution in [0.2, 0.25) is 0 Å². The van der Waals surface area contributed by atoms with Crippen molar-refractivity contribution in [3.63, 3.8) is 0 Å². The Morgan fingerprint density at radius 2 is 2.21 bits per heavy atom. The van der Waals surface area contributed by atoms with Gasteiger partial charge in [0.25, 0.3) is 0 Å². The van der Waals surface area contributed by atoms with Gasteiger partial charge in [0.15, 0.2) is 11.5 Å². The van der Waals surface area contributed by atoms with E-state index < -0.39 is 5.92 Å². The number of rotatable bonds is 5. The highest BCUT2D eigenvalue weighted by atomic mass is 16.6. The lowest BCUT2D eigenvalue weighted by Crippen LogP contribution is -2.21. The molecular formula is C20H20N4O4. The average molecular weight is 380 g/mol. The number of nitrogens with two attached hydrogens (primary N) is 1. The van der Waals surface area contributed by atoms with Crippen LogP contribution in [0.4, 0.5) is 0 Å². The quantitative estimate of drug-likeness (QED) is 0.604. The second kappa shape index (κ2) is 6.93. The number of nitrogens with one attached hydrogen (secondary N) is 1. The maximum absolute atomic E-state index is 12.2. The largest absolute Gasteiger partial charge is 0.490 e. The monoisotopic (exact) mass is 380 g/mol. The molecule has 1 saturated carbocycles. The highest BCUT2D eigenvalue weighted by Gasteiger charge is 2.36. The highest BCUT2D eigenvalue weighted by Crippen LogP contribution is 2.44. The summed E-state index contributed by atoms with van der Waals surface area (Å²) in [5, 5.41) is 16.7. The lowest BCUT2D eigenvalue weighted by Gasteiger charge is -2.24. The molecule has 2 aliphatic rings. The number of aromatic nitrogens is 2. The molecule has 2 aromatic rings. The van der Waals surface area contributed by atoms with Gasteiger partial charge in [-0.3, -0.25) is 9.89 Å². The first-order valence-corrected chi connectivity index (χ1v) is 9.14. The van der Waals surface area contributed by atoms with E-state index in [4.69, 9.17) is 19.9 Å². The van der Waals surface area contributed by atoms with Gasteiger partial charge in [-0.05, 0) is 44.4 Å². The van der Waals surface area contributed by atoms with E-state index in [1.54, 1.807) is 12.1 Å². The van der Waals surface area contributed by atoms with Crippen molar-refractivity contribution in [1.29, 1.82) is 5.26 Å². The third-order valence-electron chi connectivity index (χ3n) is 4.85. The standard InChI is InChI=1S/C20H20N4O4/c1-3-26-14-7-6-12(8-15(14)27-20(25)11-4-5-11)17-13(9-21)18(22)28-19-16(17)10(2)23-24-19/h6-8,11,17H,3-5,22H2,1-2H3,(H,23,24)/t17-/m0/s1. The van der Waals surface area contributed by atoms with E-state index in [1.165, 1.54) is 0 Å². The first-order chi connectivity index (χ1) is 13.5. The number of H-pyrrole nitrogens is 1. The molecule has 0 spiro atoms. The SMILES string of the molecule is CCOc1ccc([C@H]2C(C#N)=C(N)Oc3n[nH]c(C)c32)cc1OC(=O)C1CC1. The third-order valence-corrected chi connectivity index (χ3v) is 4.85. The number of hydrogen-bond donors (Lipinski definition) is 2. The molecule has 0 saturated heterocycles. The summed E-state index contributed by atoms with van der Waals surface area (Å²) in [5.74, 6) is 0.367. The molecule has 1 aromatic carbocycles. The van der Waals surface area contributed by atoms with Crippen LogP contribution in [-0.2, 0) is 4.79 Å². The molecule has 144 valence electrons. The minimum Gasteiger partial charge on any atom is -0.490 e. The van der Waals surface area contributed by atoms with Crippen LogP contribution in [0.15, 0.2) is 29.7 Å². The highest BCUT2D eigenvalue weighted by molar-refractivity contribution is 5.78. The van der Waals surface area contributed by atoms with Crippen molar-refractivity contribution in [3.8, 4) is 23.4 Å². The Bertz CT molecular complexity index is 1010. The zero-order valence-electron chi connectivity index (χ0n) is 15.6. The van der Waals surface area contributed by atoms with Crippen molar-refractivity contribution < 1.29 is 19.0 Å². The number of aromatic amines is 1. The fourth-order valence-corrected chi connectivity index (χ4v) is 3.30. The predicted octanol–water partition coefficient (Wildman–Crippen LogP) is 2.65. The van der Waals surface area contributed by atoms with Crippen LogP contribution in [0.3, 0.4) is 0 Å². The van der Waals surface area contributed by atoms with Gasteiger partial charge >= 0.3 is 5.97 Å². The minimum atomic E-state index is -0.485. The third kappa shape index (κ3) is 3.05. The van der Waals surface area contributed by atoms with Gasteiger partial charge in [-0.25, -0.2) is 0 Å². The van der Waals surface area contributed by atoms with Crippen molar-refractivity contribution in [2.45, 2.75) is 32.6 Å². The normalized spacial score (nSPS) is 18.1. The molecule has 0 bridgehead atoms. The summed E-state index contributed by atoms with van der Waals surface area (Å²) in [4.78, 5) is 12.2. The predicted molar refractivity (Wildman–Crippen MR) is 98.6 cm³/mol. The second-order valence-corrected chi connectivity index (χ2v) is 6.83. The summed E-state index contributed by atoms with van der Waals surface area (Å²) in [6.07, 6.45) is 1.69. The number of benzene rings is 1. The van der Waals surface area contributed by atoms with E-state index >= 15 is 0 Å². The van der Waals surface area contributed by atoms with Gasteiger partial charge in [-0.15, -0.1) is 5.10 Å². The Kier molecular flexibility index (Phi) is 4.43. The van der Waals surface area contributed by atoms with Crippen LogP contribution in [0.25, 0.3) is 0 Å². The average Bonchev–Trinajstić information content (AvgIpc) is 3.47. The summed E-state index contributed by atoms with van der Waals surface area (Å²) in [5.41, 5.74) is 8.47. The van der Waals surface area contributed by atoms with Crippen LogP contribution in [0.1, 0.15) is 42.5 Å². The molecule has 8 heteroatoms. The molecule has 0 amide bonds. The molecule has 0 radical (unpaired) electrons. The molecule has 28 heavy (non-hydrogen) atoms. The summed E-state index contributed by atoms with van der Waals surface area (Å²) in [7, 11) is 0. The van der Waals surface area contributed by atoms with E-state index in [1.807, 2.05) is 19.9 Å². The number of esters is 1. The van der Waals surface area contributed by atoms with Crippen molar-refractivity contribution in [2.24, 2.45) is 11.7 Å². The Morgan fingerprint density at radius 3 is 2.89 bits per heavy atom. The topological polar surface area (TPSA) is 123 Å².